The highest BCUT2D eigenvalue weighted by atomic mass is 32.2. The smallest absolute Gasteiger partial charge is 0.333 e. The lowest BCUT2D eigenvalue weighted by molar-refractivity contribution is -0.145. The third-order valence-corrected chi connectivity index (χ3v) is 4.58. The van der Waals surface area contributed by atoms with Crippen LogP contribution < -0.4 is 11.1 Å². The van der Waals surface area contributed by atoms with Crippen molar-refractivity contribution in [2.24, 2.45) is 5.73 Å². The SMILES string of the molecule is COC(=O)C(C#N)SC[C@H](N)C(=O)N[C@@H](Cc1ccccc1)C(=O)OC. The van der Waals surface area contributed by atoms with Crippen molar-refractivity contribution < 1.29 is 23.9 Å². The summed E-state index contributed by atoms with van der Waals surface area (Å²) < 4.78 is 9.21. The maximum Gasteiger partial charge on any atom is 0.333 e. The Morgan fingerprint density at radius 2 is 1.81 bits per heavy atom. The molecule has 1 unspecified atom stereocenters. The number of nitriles is 1. The number of esters is 2. The summed E-state index contributed by atoms with van der Waals surface area (Å²) in [6.45, 7) is 0. The average Bonchev–Trinajstić information content (AvgIpc) is 2.67. The van der Waals surface area contributed by atoms with E-state index in [0.717, 1.165) is 17.3 Å². The van der Waals surface area contributed by atoms with E-state index in [1.807, 2.05) is 30.3 Å². The second-order valence-electron chi connectivity index (χ2n) is 5.25. The third-order valence-electron chi connectivity index (χ3n) is 3.40. The molecule has 0 aliphatic heterocycles. The Morgan fingerprint density at radius 3 is 2.35 bits per heavy atom. The molecule has 9 heteroatoms. The summed E-state index contributed by atoms with van der Waals surface area (Å²) in [5.74, 6) is -1.86. The van der Waals surface area contributed by atoms with Crippen molar-refractivity contribution in [3.05, 3.63) is 35.9 Å². The molecule has 3 atom stereocenters. The number of rotatable bonds is 9. The van der Waals surface area contributed by atoms with E-state index >= 15 is 0 Å². The molecule has 26 heavy (non-hydrogen) atoms. The minimum absolute atomic E-state index is 0.0123. The lowest BCUT2D eigenvalue weighted by Crippen LogP contribution is -2.50. The van der Waals surface area contributed by atoms with Crippen LogP contribution in [-0.4, -0.2) is 55.2 Å². The maximum absolute atomic E-state index is 12.2. The monoisotopic (exact) mass is 379 g/mol. The topological polar surface area (TPSA) is 132 Å². The van der Waals surface area contributed by atoms with Crippen molar-refractivity contribution in [3.8, 4) is 6.07 Å². The highest BCUT2D eigenvalue weighted by Crippen LogP contribution is 2.13. The van der Waals surface area contributed by atoms with Gasteiger partial charge in [0.1, 0.15) is 6.04 Å². The second kappa shape index (κ2) is 11.1. The van der Waals surface area contributed by atoms with Crippen LogP contribution >= 0.6 is 11.8 Å². The summed E-state index contributed by atoms with van der Waals surface area (Å²) in [6, 6.07) is 9.01. The molecule has 0 aliphatic rings. The Balaban J connectivity index is 2.66. The number of nitrogens with one attached hydrogen (secondary N) is 1. The maximum atomic E-state index is 12.2. The molecule has 0 aliphatic carbocycles. The molecular formula is C17H21N3O5S. The fourth-order valence-electron chi connectivity index (χ4n) is 2.00. The predicted molar refractivity (Wildman–Crippen MR) is 95.9 cm³/mol. The number of hydrogen-bond donors (Lipinski definition) is 2. The molecular weight excluding hydrogens is 358 g/mol. The minimum Gasteiger partial charge on any atom is -0.467 e. The van der Waals surface area contributed by atoms with Gasteiger partial charge in [-0.05, 0) is 5.56 Å². The van der Waals surface area contributed by atoms with Crippen LogP contribution in [0.5, 0.6) is 0 Å². The molecule has 0 fully saturated rings. The van der Waals surface area contributed by atoms with Gasteiger partial charge in [0.05, 0.1) is 26.3 Å². The number of hydrogen-bond acceptors (Lipinski definition) is 8. The molecule has 1 amide bonds. The molecule has 0 saturated heterocycles. The van der Waals surface area contributed by atoms with Crippen LogP contribution in [0, 0.1) is 11.3 Å². The van der Waals surface area contributed by atoms with Gasteiger partial charge in [-0.15, -0.1) is 11.8 Å². The zero-order chi connectivity index (χ0) is 19.5. The lowest BCUT2D eigenvalue weighted by atomic mass is 10.1. The lowest BCUT2D eigenvalue weighted by Gasteiger charge is -2.19. The average molecular weight is 379 g/mol. The quantitative estimate of drug-likeness (QED) is 0.574. The minimum atomic E-state index is -1.07. The highest BCUT2D eigenvalue weighted by molar-refractivity contribution is 8.00. The van der Waals surface area contributed by atoms with Crippen LogP contribution in [0.3, 0.4) is 0 Å². The van der Waals surface area contributed by atoms with Gasteiger partial charge in [-0.1, -0.05) is 30.3 Å². The number of amides is 1. The number of nitrogens with two attached hydrogens (primary N) is 1. The Labute approximate surface area is 156 Å². The van der Waals surface area contributed by atoms with E-state index < -0.39 is 35.2 Å². The normalized spacial score (nSPS) is 13.6. The summed E-state index contributed by atoms with van der Waals surface area (Å²) in [6.07, 6.45) is 0.252. The van der Waals surface area contributed by atoms with Gasteiger partial charge in [0.15, 0.2) is 5.25 Å². The van der Waals surface area contributed by atoms with E-state index in [1.165, 1.54) is 14.2 Å². The molecule has 0 aromatic heterocycles. The zero-order valence-corrected chi connectivity index (χ0v) is 15.3. The molecule has 0 heterocycles. The molecule has 8 nitrogen and oxygen atoms in total. The standard InChI is InChI=1S/C17H21N3O5S/c1-24-16(22)13(8-11-6-4-3-5-7-11)20-15(21)12(19)10-26-14(9-18)17(23)25-2/h3-7,12-14H,8,10,19H2,1-2H3,(H,20,21)/t12-,13-,14?/m0/s1. The Bertz CT molecular complexity index is 662. The van der Waals surface area contributed by atoms with Gasteiger partial charge < -0.3 is 20.5 Å². The number of carbonyl (C=O) groups excluding carboxylic acids is 3. The Kier molecular flexibility index (Phi) is 9.19. The molecule has 140 valence electrons. The van der Waals surface area contributed by atoms with E-state index in [-0.39, 0.29) is 12.2 Å². The summed E-state index contributed by atoms with van der Waals surface area (Å²) in [5, 5.41) is 10.4. The number of methoxy groups -OCH3 is 2. The first kappa shape index (κ1) is 21.5. The van der Waals surface area contributed by atoms with Crippen LogP contribution in [0.25, 0.3) is 0 Å². The molecule has 1 aromatic carbocycles. The van der Waals surface area contributed by atoms with Gasteiger partial charge in [0, 0.05) is 12.2 Å². The van der Waals surface area contributed by atoms with Gasteiger partial charge in [-0.3, -0.25) is 4.79 Å². The molecule has 0 saturated carbocycles. The van der Waals surface area contributed by atoms with Crippen LogP contribution in [0.2, 0.25) is 0 Å². The van der Waals surface area contributed by atoms with E-state index in [9.17, 15) is 14.4 Å². The molecule has 1 aromatic rings. The van der Waals surface area contributed by atoms with Gasteiger partial charge >= 0.3 is 11.9 Å². The molecule has 0 bridgehead atoms. The molecule has 0 radical (unpaired) electrons. The van der Waals surface area contributed by atoms with Crippen LogP contribution in [0.4, 0.5) is 0 Å². The fraction of sp³-hybridized carbons (Fsp3) is 0.412. The Hall–Kier alpha value is -2.57. The first-order valence-electron chi connectivity index (χ1n) is 7.69. The van der Waals surface area contributed by atoms with Crippen molar-refractivity contribution in [1.29, 1.82) is 5.26 Å². The zero-order valence-electron chi connectivity index (χ0n) is 14.5. The second-order valence-corrected chi connectivity index (χ2v) is 6.38. The van der Waals surface area contributed by atoms with Gasteiger partial charge in [0.2, 0.25) is 5.91 Å². The predicted octanol–water partition coefficient (Wildman–Crippen LogP) is 0.0126. The van der Waals surface area contributed by atoms with Crippen molar-refractivity contribution in [1.82, 2.24) is 5.32 Å². The molecule has 1 rings (SSSR count). The van der Waals surface area contributed by atoms with Crippen LogP contribution in [-0.2, 0) is 30.3 Å². The summed E-state index contributed by atoms with van der Waals surface area (Å²) in [5.41, 5.74) is 6.65. The van der Waals surface area contributed by atoms with Crippen molar-refractivity contribution in [2.45, 2.75) is 23.8 Å². The van der Waals surface area contributed by atoms with Gasteiger partial charge in [-0.2, -0.15) is 5.26 Å². The van der Waals surface area contributed by atoms with Crippen molar-refractivity contribution in [3.63, 3.8) is 0 Å². The molecule has 0 spiro atoms. The van der Waals surface area contributed by atoms with Crippen molar-refractivity contribution >= 4 is 29.6 Å². The largest absolute Gasteiger partial charge is 0.467 e. The first-order valence-corrected chi connectivity index (χ1v) is 8.74. The van der Waals surface area contributed by atoms with Crippen molar-refractivity contribution in [2.75, 3.05) is 20.0 Å². The number of ether oxygens (including phenoxy) is 2. The van der Waals surface area contributed by atoms with Crippen LogP contribution in [0.15, 0.2) is 30.3 Å². The first-order chi connectivity index (χ1) is 12.4. The van der Waals surface area contributed by atoms with Gasteiger partial charge in [0.25, 0.3) is 0 Å². The number of benzene rings is 1. The summed E-state index contributed by atoms with van der Waals surface area (Å²) in [7, 11) is 2.40. The van der Waals surface area contributed by atoms with E-state index in [1.54, 1.807) is 6.07 Å². The number of nitrogens with zero attached hydrogens (tertiary/aromatic N) is 1. The van der Waals surface area contributed by atoms with E-state index in [4.69, 9.17) is 15.7 Å². The Morgan fingerprint density at radius 1 is 1.19 bits per heavy atom. The number of thioether (sulfide) groups is 1. The fourth-order valence-corrected chi connectivity index (χ4v) is 2.86. The van der Waals surface area contributed by atoms with Gasteiger partial charge in [-0.25, -0.2) is 9.59 Å². The number of carbonyl (C=O) groups is 3. The van der Waals surface area contributed by atoms with Crippen LogP contribution in [0.1, 0.15) is 5.56 Å². The highest BCUT2D eigenvalue weighted by Gasteiger charge is 2.26. The van der Waals surface area contributed by atoms with E-state index in [2.05, 4.69) is 10.1 Å². The summed E-state index contributed by atoms with van der Waals surface area (Å²) in [4.78, 5) is 35.5. The summed E-state index contributed by atoms with van der Waals surface area (Å²) >= 11 is 0.898. The molecule has 3 N–H and O–H groups in total. The van der Waals surface area contributed by atoms with E-state index in [0.29, 0.717) is 0 Å². The third kappa shape index (κ3) is 6.74.